The fourth-order valence-corrected chi connectivity index (χ4v) is 5.35. The second-order valence-corrected chi connectivity index (χ2v) is 9.13. The number of fused-ring (bicyclic) bond motifs is 1. The molecule has 162 valence electrons. The van der Waals surface area contributed by atoms with E-state index >= 15 is 0 Å². The lowest BCUT2D eigenvalue weighted by Gasteiger charge is -2.32. The van der Waals surface area contributed by atoms with Crippen LogP contribution in [-0.2, 0) is 16.0 Å². The van der Waals surface area contributed by atoms with Gasteiger partial charge in [-0.3, -0.25) is 4.79 Å². The number of ether oxygens (including phenoxy) is 2. The van der Waals surface area contributed by atoms with Gasteiger partial charge in [-0.05, 0) is 48.9 Å². The molecule has 1 amide bonds. The number of hydrogen-bond acceptors (Lipinski definition) is 5. The van der Waals surface area contributed by atoms with Crippen molar-refractivity contribution in [2.45, 2.75) is 19.3 Å². The van der Waals surface area contributed by atoms with Crippen molar-refractivity contribution in [2.24, 2.45) is 5.92 Å². The first kappa shape index (κ1) is 21.7. The van der Waals surface area contributed by atoms with Crippen LogP contribution in [0.25, 0.3) is 10.1 Å². The molecule has 1 fully saturated rings. The highest BCUT2D eigenvalue weighted by Crippen LogP contribution is 2.37. The Morgan fingerprint density at radius 1 is 1.13 bits per heavy atom. The van der Waals surface area contributed by atoms with Gasteiger partial charge in [0.1, 0.15) is 10.6 Å². The van der Waals surface area contributed by atoms with E-state index in [9.17, 15) is 9.59 Å². The van der Waals surface area contributed by atoms with Gasteiger partial charge in [0.05, 0.1) is 12.1 Å². The summed E-state index contributed by atoms with van der Waals surface area (Å²) in [4.78, 5) is 27.2. The number of benzene rings is 2. The van der Waals surface area contributed by atoms with Gasteiger partial charge in [-0.1, -0.05) is 41.9 Å². The molecule has 0 radical (unpaired) electrons. The van der Waals surface area contributed by atoms with Gasteiger partial charge in [0.15, 0.2) is 6.61 Å². The average molecular weight is 458 g/mol. The largest absolute Gasteiger partial charge is 0.497 e. The minimum atomic E-state index is -0.572. The van der Waals surface area contributed by atoms with E-state index in [1.54, 1.807) is 18.1 Å². The number of hydrogen-bond donors (Lipinski definition) is 0. The van der Waals surface area contributed by atoms with Crippen molar-refractivity contribution in [3.8, 4) is 5.75 Å². The molecule has 0 N–H and O–H groups in total. The molecule has 4 rings (SSSR count). The molecular formula is C24H24ClNO4S. The number of carbonyl (C=O) groups excluding carboxylic acids is 2. The molecule has 2 heterocycles. The second-order valence-electron chi connectivity index (χ2n) is 7.70. The molecule has 5 nitrogen and oxygen atoms in total. The third-order valence-corrected chi connectivity index (χ3v) is 7.32. The van der Waals surface area contributed by atoms with E-state index < -0.39 is 5.97 Å². The number of halogens is 1. The molecule has 0 unspecified atom stereocenters. The number of amides is 1. The molecule has 0 saturated carbocycles. The summed E-state index contributed by atoms with van der Waals surface area (Å²) >= 11 is 7.61. The van der Waals surface area contributed by atoms with Crippen LogP contribution in [0.3, 0.4) is 0 Å². The maximum absolute atomic E-state index is 12.5. The van der Waals surface area contributed by atoms with Crippen molar-refractivity contribution < 1.29 is 19.1 Å². The smallest absolute Gasteiger partial charge is 0.350 e. The third-order valence-electron chi connectivity index (χ3n) is 5.68. The lowest BCUT2D eigenvalue weighted by atomic mass is 9.90. The number of thiophene rings is 1. The number of nitrogens with zero attached hydrogens (tertiary/aromatic N) is 1. The Bertz CT molecular complexity index is 1070. The molecule has 2 aromatic carbocycles. The number of methoxy groups -OCH3 is 1. The molecule has 31 heavy (non-hydrogen) atoms. The summed E-state index contributed by atoms with van der Waals surface area (Å²) < 4.78 is 11.3. The van der Waals surface area contributed by atoms with Gasteiger partial charge in [-0.2, -0.15) is 0 Å². The molecule has 1 saturated heterocycles. The minimum Gasteiger partial charge on any atom is -0.497 e. The summed E-state index contributed by atoms with van der Waals surface area (Å²) in [6.45, 7) is 1.12. The molecule has 1 aliphatic heterocycles. The Morgan fingerprint density at radius 2 is 1.87 bits per heavy atom. The molecule has 7 heteroatoms. The van der Waals surface area contributed by atoms with Gasteiger partial charge >= 0.3 is 5.97 Å². The molecule has 0 atom stereocenters. The predicted molar refractivity (Wildman–Crippen MR) is 123 cm³/mol. The highest BCUT2D eigenvalue weighted by atomic mass is 35.5. The monoisotopic (exact) mass is 457 g/mol. The highest BCUT2D eigenvalue weighted by Gasteiger charge is 2.25. The van der Waals surface area contributed by atoms with Gasteiger partial charge in [-0.25, -0.2) is 4.79 Å². The molecule has 0 aliphatic carbocycles. The van der Waals surface area contributed by atoms with Crippen LogP contribution in [0.5, 0.6) is 5.75 Å². The standard InChI is InChI=1S/C24H24ClNO4S/c1-29-18-7-8-19-20(14-18)31-23(22(19)25)24(28)30-15-21(27)26-11-9-17(10-12-26)13-16-5-3-2-4-6-16/h2-8,14,17H,9-13,15H2,1H3. The zero-order valence-corrected chi connectivity index (χ0v) is 18.9. The highest BCUT2D eigenvalue weighted by molar-refractivity contribution is 7.21. The van der Waals surface area contributed by atoms with Gasteiger partial charge in [0, 0.05) is 23.2 Å². The van der Waals surface area contributed by atoms with Crippen LogP contribution in [0.1, 0.15) is 28.1 Å². The van der Waals surface area contributed by atoms with Gasteiger partial charge < -0.3 is 14.4 Å². The van der Waals surface area contributed by atoms with Crippen LogP contribution < -0.4 is 4.74 Å². The summed E-state index contributed by atoms with van der Waals surface area (Å²) in [7, 11) is 1.58. The van der Waals surface area contributed by atoms with E-state index in [2.05, 4.69) is 24.3 Å². The summed E-state index contributed by atoms with van der Waals surface area (Å²) in [6, 6.07) is 15.9. The van der Waals surface area contributed by atoms with E-state index in [0.717, 1.165) is 29.3 Å². The first-order valence-corrected chi connectivity index (χ1v) is 11.5. The van der Waals surface area contributed by atoms with Crippen molar-refractivity contribution in [1.29, 1.82) is 0 Å². The minimum absolute atomic E-state index is 0.162. The SMILES string of the molecule is COc1ccc2c(Cl)c(C(=O)OCC(=O)N3CCC(Cc4ccccc4)CC3)sc2c1. The summed E-state index contributed by atoms with van der Waals surface area (Å²) in [5.74, 6) is 0.530. The van der Waals surface area contributed by atoms with Crippen LogP contribution >= 0.6 is 22.9 Å². The first-order valence-electron chi connectivity index (χ1n) is 10.3. The van der Waals surface area contributed by atoms with Crippen LogP contribution in [0.2, 0.25) is 5.02 Å². The van der Waals surface area contributed by atoms with Crippen molar-refractivity contribution in [1.82, 2.24) is 4.90 Å². The average Bonchev–Trinajstić information content (AvgIpc) is 3.14. The normalized spacial score (nSPS) is 14.6. The topological polar surface area (TPSA) is 55.8 Å². The molecule has 3 aromatic rings. The lowest BCUT2D eigenvalue weighted by Crippen LogP contribution is -2.41. The fourth-order valence-electron chi connectivity index (χ4n) is 3.92. The molecule has 1 aliphatic rings. The Balaban J connectivity index is 1.29. The van der Waals surface area contributed by atoms with Crippen LogP contribution in [0.15, 0.2) is 48.5 Å². The zero-order chi connectivity index (χ0) is 21.8. The van der Waals surface area contributed by atoms with Gasteiger partial charge in [0.25, 0.3) is 5.91 Å². The Kier molecular flexibility index (Phi) is 6.78. The number of likely N-dealkylation sites (tertiary alicyclic amines) is 1. The van der Waals surface area contributed by atoms with Crippen molar-refractivity contribution in [3.05, 3.63) is 64.0 Å². The number of piperidine rings is 1. The number of carbonyl (C=O) groups is 2. The maximum atomic E-state index is 12.5. The molecule has 0 bridgehead atoms. The van der Waals surface area contributed by atoms with E-state index in [-0.39, 0.29) is 12.5 Å². The molecule has 0 spiro atoms. The maximum Gasteiger partial charge on any atom is 0.350 e. The van der Waals surface area contributed by atoms with E-state index in [1.165, 1.54) is 16.9 Å². The van der Waals surface area contributed by atoms with Crippen LogP contribution in [0.4, 0.5) is 0 Å². The Morgan fingerprint density at radius 3 is 2.58 bits per heavy atom. The Labute approximate surface area is 190 Å². The predicted octanol–water partition coefficient (Wildman–Crippen LogP) is 5.20. The summed E-state index contributed by atoms with van der Waals surface area (Å²) in [5, 5.41) is 1.12. The van der Waals surface area contributed by atoms with Gasteiger partial charge in [-0.15, -0.1) is 11.3 Å². The molecular weight excluding hydrogens is 434 g/mol. The number of esters is 1. The lowest BCUT2D eigenvalue weighted by molar-refractivity contribution is -0.135. The van der Waals surface area contributed by atoms with Crippen molar-refractivity contribution in [2.75, 3.05) is 26.8 Å². The second kappa shape index (κ2) is 9.71. The van der Waals surface area contributed by atoms with E-state index in [0.29, 0.717) is 34.7 Å². The van der Waals surface area contributed by atoms with E-state index in [1.807, 2.05) is 18.2 Å². The van der Waals surface area contributed by atoms with Crippen LogP contribution in [-0.4, -0.2) is 43.6 Å². The fraction of sp³-hybridized carbons (Fsp3) is 0.333. The van der Waals surface area contributed by atoms with Crippen molar-refractivity contribution >= 4 is 44.9 Å². The first-order chi connectivity index (χ1) is 15.0. The van der Waals surface area contributed by atoms with Crippen LogP contribution in [0, 0.1) is 5.92 Å². The quantitative estimate of drug-likeness (QED) is 0.477. The van der Waals surface area contributed by atoms with E-state index in [4.69, 9.17) is 21.1 Å². The summed E-state index contributed by atoms with van der Waals surface area (Å²) in [6.07, 6.45) is 2.95. The van der Waals surface area contributed by atoms with Crippen molar-refractivity contribution in [3.63, 3.8) is 0 Å². The molecule has 1 aromatic heterocycles. The van der Waals surface area contributed by atoms with Gasteiger partial charge in [0.2, 0.25) is 0 Å². The zero-order valence-electron chi connectivity index (χ0n) is 17.3. The third kappa shape index (κ3) is 5.02. The number of rotatable bonds is 6. The summed E-state index contributed by atoms with van der Waals surface area (Å²) in [5.41, 5.74) is 1.33. The Hall–Kier alpha value is -2.57.